The first-order chi connectivity index (χ1) is 35.5. The van der Waals surface area contributed by atoms with Crippen molar-refractivity contribution in [1.82, 2.24) is 5.32 Å². The molecule has 0 fully saturated rings. The number of esters is 1. The molecule has 0 spiro atoms. The second-order valence-electron chi connectivity index (χ2n) is 22.1. The van der Waals surface area contributed by atoms with Gasteiger partial charge in [-0.3, -0.25) is 9.59 Å². The zero-order chi connectivity index (χ0) is 52.2. The van der Waals surface area contributed by atoms with Crippen LogP contribution >= 0.6 is 0 Å². The summed E-state index contributed by atoms with van der Waals surface area (Å²) in [6.07, 6.45) is 77.2. The van der Waals surface area contributed by atoms with E-state index in [4.69, 9.17) is 4.74 Å². The Morgan fingerprint density at radius 3 is 1.10 bits per heavy atom. The summed E-state index contributed by atoms with van der Waals surface area (Å²) in [6.45, 7) is 4.94. The van der Waals surface area contributed by atoms with Crippen LogP contribution in [0.3, 0.4) is 0 Å². The van der Waals surface area contributed by atoms with Crippen molar-refractivity contribution in [3.8, 4) is 0 Å². The van der Waals surface area contributed by atoms with Crippen molar-refractivity contribution < 1.29 is 24.5 Å². The summed E-state index contributed by atoms with van der Waals surface area (Å²) in [7, 11) is 0. The maximum Gasteiger partial charge on any atom is 0.305 e. The van der Waals surface area contributed by atoms with Crippen LogP contribution in [0.1, 0.15) is 348 Å². The lowest BCUT2D eigenvalue weighted by Gasteiger charge is -2.22. The number of carbonyl (C=O) groups excluding carboxylic acids is 2. The van der Waals surface area contributed by atoms with Gasteiger partial charge < -0.3 is 20.3 Å². The van der Waals surface area contributed by atoms with Crippen molar-refractivity contribution in [2.45, 2.75) is 360 Å². The first kappa shape index (κ1) is 70.1. The zero-order valence-corrected chi connectivity index (χ0v) is 48.4. The van der Waals surface area contributed by atoms with Crippen molar-refractivity contribution in [3.63, 3.8) is 0 Å². The minimum atomic E-state index is -0.670. The van der Waals surface area contributed by atoms with E-state index in [1.807, 2.05) is 0 Å². The summed E-state index contributed by atoms with van der Waals surface area (Å²) in [4.78, 5) is 24.6. The normalized spacial score (nSPS) is 12.8. The van der Waals surface area contributed by atoms with E-state index in [0.717, 1.165) is 51.4 Å². The Kier molecular flexibility index (Phi) is 60.0. The fourth-order valence-electron chi connectivity index (χ4n) is 9.96. The van der Waals surface area contributed by atoms with Gasteiger partial charge in [0.2, 0.25) is 5.91 Å². The molecule has 2 atom stereocenters. The number of aliphatic hydroxyl groups is 2. The van der Waals surface area contributed by atoms with Gasteiger partial charge in [-0.2, -0.15) is 0 Å². The number of unbranched alkanes of at least 4 members (excludes halogenated alkanes) is 43. The summed E-state index contributed by atoms with van der Waals surface area (Å²) in [5, 5.41) is 23.3. The number of rotatable bonds is 60. The Morgan fingerprint density at radius 2 is 0.694 bits per heavy atom. The molecular weight excluding hydrogens is 887 g/mol. The molecular formula is C66H125NO5. The molecule has 6 heteroatoms. The third kappa shape index (κ3) is 57.4. The van der Waals surface area contributed by atoms with Crippen LogP contribution in [0.4, 0.5) is 0 Å². The van der Waals surface area contributed by atoms with E-state index in [1.165, 1.54) is 263 Å². The zero-order valence-electron chi connectivity index (χ0n) is 48.4. The van der Waals surface area contributed by atoms with Gasteiger partial charge in [-0.05, 0) is 83.5 Å². The van der Waals surface area contributed by atoms with E-state index in [-0.39, 0.29) is 18.5 Å². The minimum absolute atomic E-state index is 0.000772. The van der Waals surface area contributed by atoms with Crippen molar-refractivity contribution in [2.75, 3.05) is 13.2 Å². The van der Waals surface area contributed by atoms with Crippen molar-refractivity contribution in [1.29, 1.82) is 0 Å². The molecule has 0 rings (SSSR count). The number of ether oxygens (including phenoxy) is 1. The predicted molar refractivity (Wildman–Crippen MR) is 315 cm³/mol. The lowest BCUT2D eigenvalue weighted by molar-refractivity contribution is -0.143. The smallest absolute Gasteiger partial charge is 0.305 e. The Labute approximate surface area is 449 Å². The van der Waals surface area contributed by atoms with Gasteiger partial charge >= 0.3 is 5.97 Å². The second-order valence-corrected chi connectivity index (χ2v) is 22.1. The first-order valence-corrected chi connectivity index (χ1v) is 32.2. The molecule has 6 nitrogen and oxygen atoms in total. The molecule has 0 aliphatic rings. The highest BCUT2D eigenvalue weighted by Gasteiger charge is 2.20. The van der Waals surface area contributed by atoms with E-state index in [0.29, 0.717) is 25.9 Å². The highest BCUT2D eigenvalue weighted by molar-refractivity contribution is 5.76. The van der Waals surface area contributed by atoms with Crippen LogP contribution in [0, 0.1) is 0 Å². The lowest BCUT2D eigenvalue weighted by Crippen LogP contribution is -2.45. The maximum absolute atomic E-state index is 12.5. The van der Waals surface area contributed by atoms with Gasteiger partial charge in [-0.1, -0.05) is 288 Å². The molecule has 0 bridgehead atoms. The van der Waals surface area contributed by atoms with Crippen LogP contribution in [0.25, 0.3) is 0 Å². The van der Waals surface area contributed by atoms with Gasteiger partial charge in [0, 0.05) is 12.8 Å². The molecule has 424 valence electrons. The summed E-state index contributed by atoms with van der Waals surface area (Å²) in [6, 6.07) is -0.548. The highest BCUT2D eigenvalue weighted by Crippen LogP contribution is 2.18. The van der Waals surface area contributed by atoms with E-state index in [9.17, 15) is 19.8 Å². The second kappa shape index (κ2) is 61.6. The van der Waals surface area contributed by atoms with Gasteiger partial charge in [0.15, 0.2) is 0 Å². The van der Waals surface area contributed by atoms with Crippen LogP contribution in [-0.2, 0) is 14.3 Å². The van der Waals surface area contributed by atoms with Crippen molar-refractivity contribution in [3.05, 3.63) is 36.5 Å². The van der Waals surface area contributed by atoms with E-state index < -0.39 is 12.1 Å². The molecule has 0 saturated carbocycles. The predicted octanol–water partition coefficient (Wildman–Crippen LogP) is 20.4. The first-order valence-electron chi connectivity index (χ1n) is 32.2. The summed E-state index contributed by atoms with van der Waals surface area (Å²) < 4.78 is 5.49. The number of amides is 1. The highest BCUT2D eigenvalue weighted by atomic mass is 16.5. The van der Waals surface area contributed by atoms with Crippen LogP contribution in [0.2, 0.25) is 0 Å². The fourth-order valence-corrected chi connectivity index (χ4v) is 9.96. The molecule has 0 radical (unpaired) electrons. The lowest BCUT2D eigenvalue weighted by atomic mass is 10.0. The molecule has 1 amide bonds. The van der Waals surface area contributed by atoms with Crippen molar-refractivity contribution in [2.24, 2.45) is 0 Å². The number of allylic oxidation sites excluding steroid dienone is 6. The van der Waals surface area contributed by atoms with E-state index in [1.54, 1.807) is 0 Å². The molecule has 0 aromatic heterocycles. The number of hydrogen-bond donors (Lipinski definition) is 3. The summed E-state index contributed by atoms with van der Waals surface area (Å²) in [5.41, 5.74) is 0. The summed E-state index contributed by atoms with van der Waals surface area (Å²) in [5.74, 6) is -0.0399. The molecule has 72 heavy (non-hydrogen) atoms. The third-order valence-corrected chi connectivity index (χ3v) is 14.9. The average Bonchev–Trinajstić information content (AvgIpc) is 3.38. The molecule has 0 aromatic rings. The topological polar surface area (TPSA) is 95.9 Å². The molecule has 3 N–H and O–H groups in total. The van der Waals surface area contributed by atoms with Gasteiger partial charge in [-0.15, -0.1) is 0 Å². The van der Waals surface area contributed by atoms with Crippen molar-refractivity contribution >= 4 is 11.9 Å². The molecule has 0 aromatic carbocycles. The number of carbonyl (C=O) groups is 2. The molecule has 0 heterocycles. The Morgan fingerprint density at radius 1 is 0.389 bits per heavy atom. The van der Waals surface area contributed by atoms with Crippen LogP contribution in [-0.4, -0.2) is 47.4 Å². The van der Waals surface area contributed by atoms with Crippen LogP contribution in [0.15, 0.2) is 36.5 Å². The third-order valence-electron chi connectivity index (χ3n) is 14.9. The molecule has 0 aliphatic heterocycles. The van der Waals surface area contributed by atoms with E-state index in [2.05, 4.69) is 55.6 Å². The Bertz CT molecular complexity index is 1170. The minimum Gasteiger partial charge on any atom is -0.466 e. The SMILES string of the molecule is CCCCC/C=C\C/C=C\CCCCCCCCCC(=O)OCCCCCCCCCCCC/C=C\CCCCCCCCCC(=O)NC(CO)C(O)CCCCCCCCCCCCCCCCCCC. The van der Waals surface area contributed by atoms with Gasteiger partial charge in [-0.25, -0.2) is 0 Å². The number of aliphatic hydroxyl groups excluding tert-OH is 2. The monoisotopic (exact) mass is 1010 g/mol. The molecule has 0 saturated heterocycles. The fraction of sp³-hybridized carbons (Fsp3) is 0.879. The van der Waals surface area contributed by atoms with Crippen LogP contribution in [0.5, 0.6) is 0 Å². The van der Waals surface area contributed by atoms with Crippen LogP contribution < -0.4 is 5.32 Å². The number of nitrogens with one attached hydrogen (secondary N) is 1. The van der Waals surface area contributed by atoms with Gasteiger partial charge in [0.05, 0.1) is 25.4 Å². The Balaban J connectivity index is 3.42. The van der Waals surface area contributed by atoms with E-state index >= 15 is 0 Å². The van der Waals surface area contributed by atoms with Gasteiger partial charge in [0.25, 0.3) is 0 Å². The Hall–Kier alpha value is -1.92. The average molecular weight is 1010 g/mol. The van der Waals surface area contributed by atoms with Gasteiger partial charge in [0.1, 0.15) is 0 Å². The maximum atomic E-state index is 12.5. The summed E-state index contributed by atoms with van der Waals surface area (Å²) >= 11 is 0. The quantitative estimate of drug-likeness (QED) is 0.0320. The molecule has 0 aliphatic carbocycles. The standard InChI is InChI=1S/C66H125NO5/c1-3-5-7-9-11-13-15-17-19-26-30-34-38-42-46-50-54-58-64(69)63(62-68)67-65(70)59-55-51-47-43-39-35-31-28-24-22-21-23-25-29-33-37-41-45-49-53-57-61-72-66(71)60-56-52-48-44-40-36-32-27-20-18-16-14-12-10-8-6-4-2/h12,14,18,20,22,24,63-64,68-69H,3-11,13,15-17,19,21,23,25-62H2,1-2H3,(H,67,70)/b14-12-,20-18-,24-22-. The number of hydrogen-bond acceptors (Lipinski definition) is 5. The molecule has 2 unspecified atom stereocenters. The largest absolute Gasteiger partial charge is 0.466 e.